The summed E-state index contributed by atoms with van der Waals surface area (Å²) >= 11 is 0. The zero-order valence-electron chi connectivity index (χ0n) is 15.2. The van der Waals surface area contributed by atoms with Crippen molar-refractivity contribution in [2.24, 2.45) is 0 Å². The average molecular weight is 350 g/mol. The summed E-state index contributed by atoms with van der Waals surface area (Å²) in [6.07, 6.45) is 0.841. The van der Waals surface area contributed by atoms with E-state index < -0.39 is 0 Å². The molecule has 0 saturated carbocycles. The maximum Gasteiger partial charge on any atom is 0.273 e. The Hall–Kier alpha value is -3.15. The van der Waals surface area contributed by atoms with Crippen LogP contribution in [0.2, 0.25) is 0 Å². The Kier molecular flexibility index (Phi) is 5.02. The van der Waals surface area contributed by atoms with E-state index in [1.807, 2.05) is 50.2 Å². The van der Waals surface area contributed by atoms with Crippen molar-refractivity contribution in [3.8, 4) is 16.9 Å². The van der Waals surface area contributed by atoms with Crippen molar-refractivity contribution in [1.29, 1.82) is 0 Å². The van der Waals surface area contributed by atoms with Crippen LogP contribution in [0, 0.1) is 6.92 Å². The third-order valence-corrected chi connectivity index (χ3v) is 4.31. The second-order valence-corrected chi connectivity index (χ2v) is 6.10. The number of carbonyl (C=O) groups excluding carboxylic acids is 1. The highest BCUT2D eigenvalue weighted by Crippen LogP contribution is 2.33. The molecule has 134 valence electrons. The minimum atomic E-state index is -0.301. The fourth-order valence-corrected chi connectivity index (χ4v) is 2.92. The van der Waals surface area contributed by atoms with E-state index in [0.717, 1.165) is 34.2 Å². The number of anilines is 1. The van der Waals surface area contributed by atoms with Crippen LogP contribution in [0.25, 0.3) is 22.0 Å². The SMILES string of the molecule is CCCNC(=O)c1nnc2c(-c3ccc(OC)cc3C)cccc2c1N. The zero-order chi connectivity index (χ0) is 18.7. The molecule has 0 aliphatic heterocycles. The number of rotatable bonds is 5. The largest absolute Gasteiger partial charge is 0.497 e. The molecule has 1 heterocycles. The number of hydrogen-bond acceptors (Lipinski definition) is 5. The summed E-state index contributed by atoms with van der Waals surface area (Å²) in [7, 11) is 1.64. The summed E-state index contributed by atoms with van der Waals surface area (Å²) < 4.78 is 5.27. The van der Waals surface area contributed by atoms with E-state index in [0.29, 0.717) is 17.7 Å². The van der Waals surface area contributed by atoms with E-state index >= 15 is 0 Å². The quantitative estimate of drug-likeness (QED) is 0.736. The van der Waals surface area contributed by atoms with Gasteiger partial charge in [-0.15, -0.1) is 10.2 Å². The van der Waals surface area contributed by atoms with Crippen molar-refractivity contribution < 1.29 is 9.53 Å². The molecule has 0 fully saturated rings. The summed E-state index contributed by atoms with van der Waals surface area (Å²) in [6.45, 7) is 4.57. The fourth-order valence-electron chi connectivity index (χ4n) is 2.92. The van der Waals surface area contributed by atoms with Crippen LogP contribution in [0.5, 0.6) is 5.75 Å². The maximum absolute atomic E-state index is 12.2. The highest BCUT2D eigenvalue weighted by atomic mass is 16.5. The monoisotopic (exact) mass is 350 g/mol. The molecular formula is C20H22N4O2. The van der Waals surface area contributed by atoms with Crippen molar-refractivity contribution >= 4 is 22.5 Å². The van der Waals surface area contributed by atoms with Gasteiger partial charge in [0, 0.05) is 17.5 Å². The highest BCUT2D eigenvalue weighted by Gasteiger charge is 2.17. The number of nitrogens with one attached hydrogen (secondary N) is 1. The maximum atomic E-state index is 12.2. The Labute approximate surface area is 152 Å². The summed E-state index contributed by atoms with van der Waals surface area (Å²) in [5.74, 6) is 0.497. The molecule has 0 bridgehead atoms. The van der Waals surface area contributed by atoms with Gasteiger partial charge in [0.15, 0.2) is 5.69 Å². The van der Waals surface area contributed by atoms with E-state index in [1.54, 1.807) is 7.11 Å². The van der Waals surface area contributed by atoms with Gasteiger partial charge in [0.2, 0.25) is 0 Å². The number of nitrogens with zero attached hydrogens (tertiary/aromatic N) is 2. The molecule has 0 unspecified atom stereocenters. The number of aryl methyl sites for hydroxylation is 1. The second-order valence-electron chi connectivity index (χ2n) is 6.10. The first-order valence-corrected chi connectivity index (χ1v) is 8.55. The Morgan fingerprint density at radius 2 is 2.00 bits per heavy atom. The van der Waals surface area contributed by atoms with Crippen LogP contribution >= 0.6 is 0 Å². The number of ether oxygens (including phenoxy) is 1. The van der Waals surface area contributed by atoms with E-state index in [-0.39, 0.29) is 11.6 Å². The molecule has 2 aromatic carbocycles. The first kappa shape index (κ1) is 17.7. The highest BCUT2D eigenvalue weighted by molar-refractivity contribution is 6.07. The summed E-state index contributed by atoms with van der Waals surface area (Å²) in [6, 6.07) is 11.6. The van der Waals surface area contributed by atoms with Gasteiger partial charge >= 0.3 is 0 Å². The molecule has 3 rings (SSSR count). The van der Waals surface area contributed by atoms with Crippen LogP contribution in [0.4, 0.5) is 5.69 Å². The number of methoxy groups -OCH3 is 1. The lowest BCUT2D eigenvalue weighted by Crippen LogP contribution is -2.26. The predicted octanol–water partition coefficient (Wildman–Crippen LogP) is 3.34. The van der Waals surface area contributed by atoms with Crippen LogP contribution < -0.4 is 15.8 Å². The van der Waals surface area contributed by atoms with Gasteiger partial charge in [-0.05, 0) is 36.6 Å². The third kappa shape index (κ3) is 3.18. The number of fused-ring (bicyclic) bond motifs is 1. The topological polar surface area (TPSA) is 90.1 Å². The fraction of sp³-hybridized carbons (Fsp3) is 0.250. The van der Waals surface area contributed by atoms with E-state index in [4.69, 9.17) is 10.5 Å². The lowest BCUT2D eigenvalue weighted by Gasteiger charge is -2.12. The molecule has 0 aliphatic carbocycles. The zero-order valence-corrected chi connectivity index (χ0v) is 15.2. The van der Waals surface area contributed by atoms with Gasteiger partial charge in [-0.25, -0.2) is 0 Å². The molecule has 6 heteroatoms. The first-order valence-electron chi connectivity index (χ1n) is 8.55. The lowest BCUT2D eigenvalue weighted by atomic mass is 9.97. The van der Waals surface area contributed by atoms with Crippen LogP contribution in [0.1, 0.15) is 29.4 Å². The third-order valence-electron chi connectivity index (χ3n) is 4.31. The number of nitrogen functional groups attached to an aromatic ring is 1. The average Bonchev–Trinajstić information content (AvgIpc) is 2.66. The molecule has 0 atom stereocenters. The Bertz CT molecular complexity index is 969. The van der Waals surface area contributed by atoms with Crippen molar-refractivity contribution in [3.63, 3.8) is 0 Å². The van der Waals surface area contributed by atoms with Gasteiger partial charge in [0.05, 0.1) is 12.8 Å². The van der Waals surface area contributed by atoms with Gasteiger partial charge in [-0.2, -0.15) is 0 Å². The van der Waals surface area contributed by atoms with Crippen LogP contribution in [0.3, 0.4) is 0 Å². The van der Waals surface area contributed by atoms with Crippen molar-refractivity contribution in [1.82, 2.24) is 15.5 Å². The molecule has 3 N–H and O–H groups in total. The summed E-state index contributed by atoms with van der Waals surface area (Å²) in [5, 5.41) is 11.9. The summed E-state index contributed by atoms with van der Waals surface area (Å²) in [4.78, 5) is 12.2. The molecule has 0 radical (unpaired) electrons. The number of hydrogen-bond donors (Lipinski definition) is 2. The van der Waals surface area contributed by atoms with Crippen LogP contribution in [-0.4, -0.2) is 29.8 Å². The minimum absolute atomic E-state index is 0.162. The normalized spacial score (nSPS) is 10.7. The molecule has 0 aliphatic rings. The van der Waals surface area contributed by atoms with Gasteiger partial charge in [-0.3, -0.25) is 4.79 Å². The molecule has 26 heavy (non-hydrogen) atoms. The second kappa shape index (κ2) is 7.39. The summed E-state index contributed by atoms with van der Waals surface area (Å²) in [5.41, 5.74) is 10.4. The van der Waals surface area contributed by atoms with Gasteiger partial charge in [0.25, 0.3) is 5.91 Å². The molecular weight excluding hydrogens is 328 g/mol. The van der Waals surface area contributed by atoms with E-state index in [2.05, 4.69) is 15.5 Å². The smallest absolute Gasteiger partial charge is 0.273 e. The van der Waals surface area contributed by atoms with Crippen molar-refractivity contribution in [2.75, 3.05) is 19.4 Å². The molecule has 1 amide bonds. The van der Waals surface area contributed by atoms with E-state index in [9.17, 15) is 4.79 Å². The molecule has 3 aromatic rings. The minimum Gasteiger partial charge on any atom is -0.497 e. The van der Waals surface area contributed by atoms with Gasteiger partial charge in [-0.1, -0.05) is 31.2 Å². The molecule has 0 spiro atoms. The van der Waals surface area contributed by atoms with Crippen molar-refractivity contribution in [3.05, 3.63) is 47.7 Å². The number of benzene rings is 2. The molecule has 0 saturated heterocycles. The number of carbonyl (C=O) groups is 1. The van der Waals surface area contributed by atoms with Gasteiger partial charge in [0.1, 0.15) is 11.3 Å². The molecule has 1 aromatic heterocycles. The number of amides is 1. The van der Waals surface area contributed by atoms with Gasteiger partial charge < -0.3 is 15.8 Å². The van der Waals surface area contributed by atoms with E-state index in [1.165, 1.54) is 0 Å². The lowest BCUT2D eigenvalue weighted by molar-refractivity contribution is 0.0949. The predicted molar refractivity (Wildman–Crippen MR) is 103 cm³/mol. The Balaban J connectivity index is 2.12. The Morgan fingerprint density at radius 1 is 1.19 bits per heavy atom. The standard InChI is InChI=1S/C20H22N4O2/c1-4-10-22-20(25)19-17(21)16-7-5-6-15(18(16)23-24-19)14-9-8-13(26-3)11-12(14)2/h5-9,11H,4,10H2,1-3H3,(H2,21,23)(H,22,25). The van der Waals surface area contributed by atoms with Crippen LogP contribution in [0.15, 0.2) is 36.4 Å². The number of nitrogens with two attached hydrogens (primary N) is 1. The number of aromatic nitrogens is 2. The van der Waals surface area contributed by atoms with Crippen LogP contribution in [-0.2, 0) is 0 Å². The molecule has 6 nitrogen and oxygen atoms in total. The first-order chi connectivity index (χ1) is 12.6. The Morgan fingerprint density at radius 3 is 2.69 bits per heavy atom. The van der Waals surface area contributed by atoms with Crippen molar-refractivity contribution in [2.45, 2.75) is 20.3 Å².